The van der Waals surface area contributed by atoms with Gasteiger partial charge in [0.2, 0.25) is 11.8 Å². The number of likely N-dealkylation sites (tertiary alicyclic amines) is 1. The van der Waals surface area contributed by atoms with Crippen LogP contribution in [0.3, 0.4) is 0 Å². The molecule has 4 nitrogen and oxygen atoms in total. The van der Waals surface area contributed by atoms with Crippen LogP contribution in [0.2, 0.25) is 5.02 Å². The highest BCUT2D eigenvalue weighted by atomic mass is 35.5. The van der Waals surface area contributed by atoms with Gasteiger partial charge in [-0.05, 0) is 37.8 Å². The Morgan fingerprint density at radius 1 is 1.35 bits per heavy atom. The second kappa shape index (κ2) is 6.52. The maximum atomic E-state index is 12.8. The van der Waals surface area contributed by atoms with Crippen LogP contribution in [0.1, 0.15) is 51.0 Å². The molecule has 124 valence electrons. The Kier molecular flexibility index (Phi) is 4.62. The number of nitrogens with zero attached hydrogens (tertiary/aromatic N) is 1. The summed E-state index contributed by atoms with van der Waals surface area (Å²) in [6.45, 7) is 2.26. The summed E-state index contributed by atoms with van der Waals surface area (Å²) in [4.78, 5) is 26.9. The molecule has 0 spiro atoms. The summed E-state index contributed by atoms with van der Waals surface area (Å²) in [6, 6.07) is 7.75. The molecule has 2 amide bonds. The lowest BCUT2D eigenvalue weighted by Gasteiger charge is -2.35. The van der Waals surface area contributed by atoms with Crippen molar-refractivity contribution in [1.82, 2.24) is 10.2 Å². The van der Waals surface area contributed by atoms with Gasteiger partial charge in [0.25, 0.3) is 0 Å². The van der Waals surface area contributed by atoms with E-state index in [4.69, 9.17) is 11.6 Å². The molecule has 0 unspecified atom stereocenters. The molecule has 0 aromatic heterocycles. The molecule has 1 saturated carbocycles. The zero-order chi connectivity index (χ0) is 16.4. The Morgan fingerprint density at radius 3 is 2.74 bits per heavy atom. The fraction of sp³-hybridized carbons (Fsp3) is 0.556. The molecule has 1 aliphatic carbocycles. The molecule has 23 heavy (non-hydrogen) atoms. The van der Waals surface area contributed by atoms with Crippen LogP contribution in [0.4, 0.5) is 0 Å². The topological polar surface area (TPSA) is 49.4 Å². The Labute approximate surface area is 142 Å². The molecule has 1 N–H and O–H groups in total. The molecule has 2 fully saturated rings. The Balaban J connectivity index is 1.77. The predicted molar refractivity (Wildman–Crippen MR) is 90.0 cm³/mol. The van der Waals surface area contributed by atoms with Crippen molar-refractivity contribution in [3.05, 3.63) is 34.9 Å². The molecule has 1 aliphatic heterocycles. The van der Waals surface area contributed by atoms with E-state index in [9.17, 15) is 9.59 Å². The van der Waals surface area contributed by atoms with Gasteiger partial charge in [0.05, 0.1) is 0 Å². The van der Waals surface area contributed by atoms with Gasteiger partial charge in [0.15, 0.2) is 0 Å². The van der Waals surface area contributed by atoms with Crippen LogP contribution in [0, 0.1) is 0 Å². The smallest absolute Gasteiger partial charge is 0.245 e. The summed E-state index contributed by atoms with van der Waals surface area (Å²) < 4.78 is 0. The van der Waals surface area contributed by atoms with Crippen LogP contribution in [0.5, 0.6) is 0 Å². The third-order valence-electron chi connectivity index (χ3n) is 5.19. The van der Waals surface area contributed by atoms with Crippen molar-refractivity contribution in [2.75, 3.05) is 0 Å². The first kappa shape index (κ1) is 16.3. The molecular formula is C18H23ClN2O2. The van der Waals surface area contributed by atoms with E-state index in [2.05, 4.69) is 5.32 Å². The van der Waals surface area contributed by atoms with Gasteiger partial charge < -0.3 is 10.2 Å². The first-order chi connectivity index (χ1) is 11.0. The summed E-state index contributed by atoms with van der Waals surface area (Å²) in [5.74, 6) is -0.00343. The minimum Gasteiger partial charge on any atom is -0.351 e. The van der Waals surface area contributed by atoms with E-state index >= 15 is 0 Å². The third kappa shape index (κ3) is 3.23. The number of hydrogen-bond acceptors (Lipinski definition) is 2. The van der Waals surface area contributed by atoms with Gasteiger partial charge in [-0.2, -0.15) is 0 Å². The highest BCUT2D eigenvalue weighted by molar-refractivity contribution is 6.31. The lowest BCUT2D eigenvalue weighted by Crippen LogP contribution is -2.55. The molecule has 5 heteroatoms. The van der Waals surface area contributed by atoms with E-state index in [0.29, 0.717) is 24.4 Å². The maximum Gasteiger partial charge on any atom is 0.245 e. The average molecular weight is 335 g/mol. The molecule has 1 heterocycles. The summed E-state index contributed by atoms with van der Waals surface area (Å²) in [6.07, 6.45) is 5.41. The monoisotopic (exact) mass is 334 g/mol. The largest absolute Gasteiger partial charge is 0.351 e. The van der Waals surface area contributed by atoms with Crippen LogP contribution in [0.25, 0.3) is 0 Å². The Hall–Kier alpha value is -1.55. The van der Waals surface area contributed by atoms with Crippen molar-refractivity contribution >= 4 is 23.4 Å². The van der Waals surface area contributed by atoms with E-state index in [0.717, 1.165) is 18.4 Å². The number of amides is 2. The minimum absolute atomic E-state index is 0.0222. The van der Waals surface area contributed by atoms with Gasteiger partial charge in [-0.25, -0.2) is 0 Å². The second-order valence-corrected chi connectivity index (χ2v) is 7.21. The number of rotatable bonds is 4. The van der Waals surface area contributed by atoms with Crippen molar-refractivity contribution in [2.24, 2.45) is 0 Å². The average Bonchev–Trinajstić information content (AvgIpc) is 3.13. The first-order valence-corrected chi connectivity index (χ1v) is 8.73. The van der Waals surface area contributed by atoms with E-state index in [-0.39, 0.29) is 17.9 Å². The van der Waals surface area contributed by atoms with Crippen LogP contribution in [-0.4, -0.2) is 28.3 Å². The van der Waals surface area contributed by atoms with Gasteiger partial charge in [0.1, 0.15) is 5.54 Å². The lowest BCUT2D eigenvalue weighted by atomic mass is 9.96. The molecular weight excluding hydrogens is 312 g/mol. The molecule has 1 aromatic rings. The van der Waals surface area contributed by atoms with Crippen molar-refractivity contribution in [3.63, 3.8) is 0 Å². The van der Waals surface area contributed by atoms with Crippen LogP contribution >= 0.6 is 11.6 Å². The third-order valence-corrected chi connectivity index (χ3v) is 5.56. The Bertz CT molecular complexity index is 613. The van der Waals surface area contributed by atoms with Crippen molar-refractivity contribution in [3.8, 4) is 0 Å². The standard InChI is InChI=1S/C18H23ClN2O2/c1-18(17(23)20-14-7-3-4-8-14)11-10-16(22)21(18)12-13-6-2-5-9-15(13)19/h2,5-6,9,14H,3-4,7-8,10-12H2,1H3,(H,20,23)/t18-/m1/s1. The molecule has 0 radical (unpaired) electrons. The predicted octanol–water partition coefficient (Wildman–Crippen LogP) is 3.28. The van der Waals surface area contributed by atoms with Crippen molar-refractivity contribution < 1.29 is 9.59 Å². The zero-order valence-electron chi connectivity index (χ0n) is 13.5. The van der Waals surface area contributed by atoms with Gasteiger partial charge in [-0.3, -0.25) is 9.59 Å². The van der Waals surface area contributed by atoms with Crippen molar-refractivity contribution in [2.45, 2.75) is 63.6 Å². The number of carbonyl (C=O) groups is 2. The summed E-state index contributed by atoms with van der Waals surface area (Å²) in [5, 5.41) is 3.78. The highest BCUT2D eigenvalue weighted by Gasteiger charge is 2.47. The molecule has 3 rings (SSSR count). The van der Waals surface area contributed by atoms with E-state index in [1.165, 1.54) is 12.8 Å². The highest BCUT2D eigenvalue weighted by Crippen LogP contribution is 2.33. The number of benzene rings is 1. The summed E-state index contributed by atoms with van der Waals surface area (Å²) in [7, 11) is 0. The second-order valence-electron chi connectivity index (χ2n) is 6.80. The molecule has 2 aliphatic rings. The van der Waals surface area contributed by atoms with Crippen LogP contribution in [-0.2, 0) is 16.1 Å². The number of carbonyl (C=O) groups excluding carboxylic acids is 2. The van der Waals surface area contributed by atoms with Crippen LogP contribution < -0.4 is 5.32 Å². The SMILES string of the molecule is C[C@]1(C(=O)NC2CCCC2)CCC(=O)N1Cc1ccccc1Cl. The van der Waals surface area contributed by atoms with E-state index in [1.54, 1.807) is 4.90 Å². The maximum absolute atomic E-state index is 12.8. The molecule has 1 saturated heterocycles. The summed E-state index contributed by atoms with van der Waals surface area (Å²) >= 11 is 6.22. The lowest BCUT2D eigenvalue weighted by molar-refractivity contribution is -0.141. The molecule has 1 aromatic carbocycles. The van der Waals surface area contributed by atoms with Crippen molar-refractivity contribution in [1.29, 1.82) is 0 Å². The van der Waals surface area contributed by atoms with Gasteiger partial charge in [-0.1, -0.05) is 42.6 Å². The van der Waals surface area contributed by atoms with E-state index < -0.39 is 5.54 Å². The van der Waals surface area contributed by atoms with Gasteiger partial charge in [0, 0.05) is 24.0 Å². The zero-order valence-corrected chi connectivity index (χ0v) is 14.2. The number of hydrogen-bond donors (Lipinski definition) is 1. The fourth-order valence-corrected chi connectivity index (χ4v) is 3.80. The molecule has 1 atom stereocenters. The number of halogens is 1. The molecule has 0 bridgehead atoms. The van der Waals surface area contributed by atoms with Gasteiger partial charge >= 0.3 is 0 Å². The van der Waals surface area contributed by atoms with Gasteiger partial charge in [-0.15, -0.1) is 0 Å². The quantitative estimate of drug-likeness (QED) is 0.918. The summed E-state index contributed by atoms with van der Waals surface area (Å²) in [5.41, 5.74) is 0.100. The van der Waals surface area contributed by atoms with E-state index in [1.807, 2.05) is 31.2 Å². The normalized spacial score (nSPS) is 25.1. The fourth-order valence-electron chi connectivity index (χ4n) is 3.60. The van der Waals surface area contributed by atoms with Crippen LogP contribution in [0.15, 0.2) is 24.3 Å². The minimum atomic E-state index is -0.779. The first-order valence-electron chi connectivity index (χ1n) is 8.35. The number of nitrogens with one attached hydrogen (secondary N) is 1. The Morgan fingerprint density at radius 2 is 2.04 bits per heavy atom.